The molecule has 110 valence electrons. The van der Waals surface area contributed by atoms with Crippen LogP contribution in [0, 0.1) is 0 Å². The molecule has 0 unspecified atom stereocenters. The monoisotopic (exact) mass is 290 g/mol. The zero-order valence-electron chi connectivity index (χ0n) is 10.7. The van der Waals surface area contributed by atoms with Crippen LogP contribution in [-0.4, -0.2) is 41.8 Å². The van der Waals surface area contributed by atoms with E-state index in [1.165, 1.54) is 17.0 Å². The number of rotatable bonds is 3. The van der Waals surface area contributed by atoms with E-state index in [9.17, 15) is 18.0 Å². The first-order valence-corrected chi connectivity index (χ1v) is 6.02. The summed E-state index contributed by atoms with van der Waals surface area (Å²) in [7, 11) is 0. The maximum atomic E-state index is 12.5. The van der Waals surface area contributed by atoms with Crippen LogP contribution in [0.5, 0.6) is 5.88 Å². The third-order valence-electron chi connectivity index (χ3n) is 2.68. The first-order chi connectivity index (χ1) is 9.40. The molecule has 0 N–H and O–H groups in total. The van der Waals surface area contributed by atoms with E-state index in [1.54, 1.807) is 6.92 Å². The van der Waals surface area contributed by atoms with Crippen LogP contribution in [0.2, 0.25) is 0 Å². The lowest BCUT2D eigenvalue weighted by molar-refractivity contribution is -0.141. The number of likely N-dealkylation sites (tertiary alicyclic amines) is 1. The largest absolute Gasteiger partial charge is 0.471 e. The maximum Gasteiger partial charge on any atom is 0.433 e. The Kier molecular flexibility index (Phi) is 4.01. The van der Waals surface area contributed by atoms with Gasteiger partial charge in [-0.1, -0.05) is 6.07 Å². The van der Waals surface area contributed by atoms with E-state index >= 15 is 0 Å². The molecule has 5 nitrogen and oxygen atoms in total. The number of halogens is 3. The van der Waals surface area contributed by atoms with Gasteiger partial charge >= 0.3 is 12.3 Å². The van der Waals surface area contributed by atoms with Crippen LogP contribution in [0.3, 0.4) is 0 Å². The van der Waals surface area contributed by atoms with Crippen molar-refractivity contribution in [2.45, 2.75) is 19.2 Å². The maximum absolute atomic E-state index is 12.5. The number of pyridine rings is 1. The number of aromatic nitrogens is 1. The van der Waals surface area contributed by atoms with Crippen molar-refractivity contribution in [2.75, 3.05) is 19.7 Å². The molecule has 0 bridgehead atoms. The second-order valence-electron chi connectivity index (χ2n) is 4.20. The van der Waals surface area contributed by atoms with Gasteiger partial charge in [0.25, 0.3) is 0 Å². The van der Waals surface area contributed by atoms with Crippen molar-refractivity contribution in [1.29, 1.82) is 0 Å². The number of hydrogen-bond acceptors (Lipinski definition) is 4. The van der Waals surface area contributed by atoms with Gasteiger partial charge in [0, 0.05) is 6.07 Å². The molecule has 1 fully saturated rings. The molecule has 2 heterocycles. The van der Waals surface area contributed by atoms with Crippen molar-refractivity contribution in [1.82, 2.24) is 9.88 Å². The molecule has 20 heavy (non-hydrogen) atoms. The van der Waals surface area contributed by atoms with Crippen molar-refractivity contribution in [3.63, 3.8) is 0 Å². The minimum Gasteiger partial charge on any atom is -0.471 e. The Bertz CT molecular complexity index is 487. The predicted molar refractivity (Wildman–Crippen MR) is 62.3 cm³/mol. The van der Waals surface area contributed by atoms with Crippen LogP contribution in [0.4, 0.5) is 18.0 Å². The van der Waals surface area contributed by atoms with Crippen molar-refractivity contribution in [3.05, 3.63) is 23.9 Å². The van der Waals surface area contributed by atoms with E-state index in [0.29, 0.717) is 0 Å². The third kappa shape index (κ3) is 3.31. The fourth-order valence-corrected chi connectivity index (χ4v) is 1.69. The second-order valence-corrected chi connectivity index (χ2v) is 4.20. The molecular formula is C12H13F3N2O3. The van der Waals surface area contributed by atoms with Crippen molar-refractivity contribution in [2.24, 2.45) is 0 Å². The molecule has 1 aliphatic heterocycles. The SMILES string of the molecule is CCOC(=O)N1CC(Oc2cccc(C(F)(F)F)n2)C1. The first kappa shape index (κ1) is 14.4. The number of carbonyl (C=O) groups excluding carboxylic acids is 1. The van der Waals surface area contributed by atoms with Crippen LogP contribution in [-0.2, 0) is 10.9 Å². The van der Waals surface area contributed by atoms with Crippen molar-refractivity contribution in [3.8, 4) is 5.88 Å². The molecular weight excluding hydrogens is 277 g/mol. The van der Waals surface area contributed by atoms with E-state index in [2.05, 4.69) is 4.98 Å². The molecule has 1 saturated heterocycles. The highest BCUT2D eigenvalue weighted by Gasteiger charge is 2.35. The number of alkyl halides is 3. The fraction of sp³-hybridized carbons (Fsp3) is 0.500. The zero-order valence-corrected chi connectivity index (χ0v) is 10.7. The number of hydrogen-bond donors (Lipinski definition) is 0. The molecule has 0 saturated carbocycles. The summed E-state index contributed by atoms with van der Waals surface area (Å²) in [5.41, 5.74) is -1.00. The molecule has 1 aromatic rings. The Hall–Kier alpha value is -1.99. The van der Waals surface area contributed by atoms with Gasteiger partial charge in [-0.3, -0.25) is 0 Å². The summed E-state index contributed by atoms with van der Waals surface area (Å²) in [6.07, 6.45) is -5.32. The summed E-state index contributed by atoms with van der Waals surface area (Å²) < 4.78 is 47.5. The Morgan fingerprint density at radius 3 is 2.75 bits per heavy atom. The number of amides is 1. The third-order valence-corrected chi connectivity index (χ3v) is 2.68. The number of carbonyl (C=O) groups is 1. The average Bonchev–Trinajstić information content (AvgIpc) is 2.33. The average molecular weight is 290 g/mol. The summed E-state index contributed by atoms with van der Waals surface area (Å²) in [5, 5.41) is 0. The van der Waals surface area contributed by atoms with E-state index in [-0.39, 0.29) is 31.7 Å². The minimum absolute atomic E-state index is 0.103. The highest BCUT2D eigenvalue weighted by Crippen LogP contribution is 2.29. The lowest BCUT2D eigenvalue weighted by atomic mass is 10.2. The van der Waals surface area contributed by atoms with E-state index < -0.39 is 18.0 Å². The minimum atomic E-state index is -4.50. The lowest BCUT2D eigenvalue weighted by Crippen LogP contribution is -2.56. The van der Waals surface area contributed by atoms with Crippen LogP contribution in [0.25, 0.3) is 0 Å². The van der Waals surface area contributed by atoms with Crippen molar-refractivity contribution < 1.29 is 27.4 Å². The summed E-state index contributed by atoms with van der Waals surface area (Å²) in [5.74, 6) is -0.103. The first-order valence-electron chi connectivity index (χ1n) is 6.02. The van der Waals surface area contributed by atoms with Crippen LogP contribution in [0.1, 0.15) is 12.6 Å². The van der Waals surface area contributed by atoms with E-state index in [4.69, 9.17) is 9.47 Å². The lowest BCUT2D eigenvalue weighted by Gasteiger charge is -2.37. The van der Waals surface area contributed by atoms with Crippen LogP contribution in [0.15, 0.2) is 18.2 Å². The molecule has 0 aliphatic carbocycles. The van der Waals surface area contributed by atoms with Gasteiger partial charge in [-0.05, 0) is 13.0 Å². The number of nitrogens with zero attached hydrogens (tertiary/aromatic N) is 2. The van der Waals surface area contributed by atoms with E-state index in [1.807, 2.05) is 0 Å². The Labute approximate surface area is 113 Å². The zero-order chi connectivity index (χ0) is 14.8. The summed E-state index contributed by atoms with van der Waals surface area (Å²) >= 11 is 0. The highest BCUT2D eigenvalue weighted by atomic mass is 19.4. The van der Waals surface area contributed by atoms with Crippen LogP contribution >= 0.6 is 0 Å². The molecule has 0 atom stereocenters. The number of ether oxygens (including phenoxy) is 2. The summed E-state index contributed by atoms with van der Waals surface area (Å²) in [6, 6.07) is 3.45. The molecule has 8 heteroatoms. The van der Waals surface area contributed by atoms with Gasteiger partial charge in [0.2, 0.25) is 5.88 Å². The Morgan fingerprint density at radius 2 is 2.15 bits per heavy atom. The van der Waals surface area contributed by atoms with Crippen LogP contribution < -0.4 is 4.74 Å². The van der Waals surface area contributed by atoms with Gasteiger partial charge in [-0.15, -0.1) is 0 Å². The molecule has 0 radical (unpaired) electrons. The molecule has 0 spiro atoms. The highest BCUT2D eigenvalue weighted by molar-refractivity contribution is 5.68. The van der Waals surface area contributed by atoms with Gasteiger partial charge < -0.3 is 14.4 Å². The van der Waals surface area contributed by atoms with Gasteiger partial charge in [0.05, 0.1) is 19.7 Å². The Morgan fingerprint density at radius 1 is 1.45 bits per heavy atom. The molecule has 1 aliphatic rings. The molecule has 2 rings (SSSR count). The molecule has 1 aromatic heterocycles. The smallest absolute Gasteiger partial charge is 0.433 e. The van der Waals surface area contributed by atoms with Gasteiger partial charge in [0.15, 0.2) is 0 Å². The molecule has 1 amide bonds. The standard InChI is InChI=1S/C12H13F3N2O3/c1-2-19-11(18)17-6-8(7-17)20-10-5-3-4-9(16-10)12(13,14)15/h3-5,8H,2,6-7H2,1H3. The predicted octanol–water partition coefficient (Wildman–Crippen LogP) is 2.32. The second kappa shape index (κ2) is 5.56. The van der Waals surface area contributed by atoms with E-state index in [0.717, 1.165) is 6.07 Å². The Balaban J connectivity index is 1.89. The van der Waals surface area contributed by atoms with Gasteiger partial charge in [0.1, 0.15) is 11.8 Å². The van der Waals surface area contributed by atoms with Gasteiger partial charge in [-0.25, -0.2) is 9.78 Å². The van der Waals surface area contributed by atoms with Gasteiger partial charge in [-0.2, -0.15) is 13.2 Å². The summed E-state index contributed by atoms with van der Waals surface area (Å²) in [6.45, 7) is 2.52. The molecule has 0 aromatic carbocycles. The fourth-order valence-electron chi connectivity index (χ4n) is 1.69. The quantitative estimate of drug-likeness (QED) is 0.857. The van der Waals surface area contributed by atoms with Crippen molar-refractivity contribution >= 4 is 6.09 Å². The summed E-state index contributed by atoms with van der Waals surface area (Å²) in [4.78, 5) is 16.1. The topological polar surface area (TPSA) is 51.7 Å². The normalized spacial score (nSPS) is 15.7.